The van der Waals surface area contributed by atoms with Crippen molar-refractivity contribution >= 4 is 5.69 Å². The standard InChI is InChI=1S/C19H21F2NO2/c1-12-5-9-15(10-6-12)22-17(13-7-8-13)18(23)14-3-2-4-16(11-14)24-19(20)21/h2-6,9-11,13,17-19,22-23H,7-8H2,1H3. The van der Waals surface area contributed by atoms with Crippen LogP contribution in [0.1, 0.15) is 30.1 Å². The summed E-state index contributed by atoms with van der Waals surface area (Å²) in [5.41, 5.74) is 2.68. The van der Waals surface area contributed by atoms with Gasteiger partial charge in [0.05, 0.1) is 12.1 Å². The molecule has 3 nitrogen and oxygen atoms in total. The zero-order chi connectivity index (χ0) is 17.1. The third-order valence-corrected chi connectivity index (χ3v) is 4.28. The van der Waals surface area contributed by atoms with Crippen LogP contribution in [0.25, 0.3) is 0 Å². The highest BCUT2D eigenvalue weighted by Gasteiger charge is 2.36. The molecule has 2 N–H and O–H groups in total. The zero-order valence-electron chi connectivity index (χ0n) is 13.5. The van der Waals surface area contributed by atoms with Gasteiger partial charge in [0.2, 0.25) is 0 Å². The van der Waals surface area contributed by atoms with Gasteiger partial charge in [-0.15, -0.1) is 0 Å². The van der Waals surface area contributed by atoms with Crippen LogP contribution in [0, 0.1) is 12.8 Å². The van der Waals surface area contributed by atoms with Crippen LogP contribution in [0.4, 0.5) is 14.5 Å². The van der Waals surface area contributed by atoms with Gasteiger partial charge in [0.15, 0.2) is 0 Å². The van der Waals surface area contributed by atoms with E-state index in [2.05, 4.69) is 10.1 Å². The molecule has 0 aromatic heterocycles. The smallest absolute Gasteiger partial charge is 0.387 e. The molecule has 2 atom stereocenters. The van der Waals surface area contributed by atoms with Crippen molar-refractivity contribution in [3.8, 4) is 5.75 Å². The van der Waals surface area contributed by atoms with Gasteiger partial charge in [0.25, 0.3) is 0 Å². The summed E-state index contributed by atoms with van der Waals surface area (Å²) in [6.07, 6.45) is 1.31. The highest BCUT2D eigenvalue weighted by molar-refractivity contribution is 5.46. The Labute approximate surface area is 140 Å². The normalized spacial score (nSPS) is 16.7. The molecule has 1 saturated carbocycles. The Balaban J connectivity index is 1.77. The quantitative estimate of drug-likeness (QED) is 0.783. The molecular weight excluding hydrogens is 312 g/mol. The second kappa shape index (κ2) is 7.18. The Hall–Kier alpha value is -2.14. The largest absolute Gasteiger partial charge is 0.435 e. The number of halogens is 2. The van der Waals surface area contributed by atoms with Crippen molar-refractivity contribution in [2.75, 3.05) is 5.32 Å². The fourth-order valence-corrected chi connectivity index (χ4v) is 2.83. The molecule has 128 valence electrons. The fourth-order valence-electron chi connectivity index (χ4n) is 2.83. The van der Waals surface area contributed by atoms with Crippen LogP contribution in [0.2, 0.25) is 0 Å². The summed E-state index contributed by atoms with van der Waals surface area (Å²) in [5, 5.41) is 14.1. The number of aliphatic hydroxyl groups excluding tert-OH is 1. The average Bonchev–Trinajstić information content (AvgIpc) is 3.38. The lowest BCUT2D eigenvalue weighted by Crippen LogP contribution is -2.29. The van der Waals surface area contributed by atoms with Crippen LogP contribution in [0.5, 0.6) is 5.75 Å². The topological polar surface area (TPSA) is 41.5 Å². The summed E-state index contributed by atoms with van der Waals surface area (Å²) < 4.78 is 29.2. The summed E-state index contributed by atoms with van der Waals surface area (Å²) in [6, 6.07) is 14.1. The van der Waals surface area contributed by atoms with E-state index in [1.165, 1.54) is 17.7 Å². The van der Waals surface area contributed by atoms with Gasteiger partial charge in [-0.3, -0.25) is 0 Å². The van der Waals surface area contributed by atoms with E-state index in [1.54, 1.807) is 12.1 Å². The zero-order valence-corrected chi connectivity index (χ0v) is 13.5. The first-order valence-electron chi connectivity index (χ1n) is 8.09. The molecule has 0 bridgehead atoms. The number of rotatable bonds is 7. The van der Waals surface area contributed by atoms with E-state index in [-0.39, 0.29) is 11.8 Å². The van der Waals surface area contributed by atoms with E-state index >= 15 is 0 Å². The molecule has 2 aromatic rings. The number of alkyl halides is 2. The second-order valence-corrected chi connectivity index (χ2v) is 6.27. The lowest BCUT2D eigenvalue weighted by atomic mass is 9.98. The first-order valence-corrected chi connectivity index (χ1v) is 8.09. The molecule has 0 heterocycles. The molecule has 3 rings (SSSR count). The lowest BCUT2D eigenvalue weighted by molar-refractivity contribution is -0.0500. The molecule has 0 amide bonds. The number of hydrogen-bond donors (Lipinski definition) is 2. The van der Waals surface area contributed by atoms with Gasteiger partial charge in [0.1, 0.15) is 5.75 Å². The number of nitrogens with one attached hydrogen (secondary N) is 1. The van der Waals surface area contributed by atoms with Crippen LogP contribution in [0.15, 0.2) is 48.5 Å². The minimum Gasteiger partial charge on any atom is -0.435 e. The van der Waals surface area contributed by atoms with Crippen molar-refractivity contribution in [1.29, 1.82) is 0 Å². The highest BCUT2D eigenvalue weighted by Crippen LogP contribution is 2.40. The molecule has 2 aromatic carbocycles. The number of hydrogen-bond acceptors (Lipinski definition) is 3. The summed E-state index contributed by atoms with van der Waals surface area (Å²) in [7, 11) is 0. The molecular formula is C19H21F2NO2. The van der Waals surface area contributed by atoms with Crippen LogP contribution < -0.4 is 10.1 Å². The molecule has 0 radical (unpaired) electrons. The van der Waals surface area contributed by atoms with Crippen molar-refractivity contribution in [3.63, 3.8) is 0 Å². The van der Waals surface area contributed by atoms with Gasteiger partial charge in [-0.1, -0.05) is 29.8 Å². The maximum absolute atomic E-state index is 12.4. The van der Waals surface area contributed by atoms with Crippen molar-refractivity contribution in [1.82, 2.24) is 0 Å². The number of aliphatic hydroxyl groups is 1. The molecule has 1 aliphatic rings. The van der Waals surface area contributed by atoms with Gasteiger partial charge in [-0.25, -0.2) is 0 Å². The predicted octanol–water partition coefficient (Wildman–Crippen LogP) is 4.52. The van der Waals surface area contributed by atoms with Gasteiger partial charge < -0.3 is 15.2 Å². The van der Waals surface area contributed by atoms with Crippen molar-refractivity contribution in [3.05, 3.63) is 59.7 Å². The monoisotopic (exact) mass is 333 g/mol. The molecule has 0 aliphatic heterocycles. The predicted molar refractivity (Wildman–Crippen MR) is 89.3 cm³/mol. The molecule has 2 unspecified atom stereocenters. The Morgan fingerprint density at radius 2 is 1.83 bits per heavy atom. The number of anilines is 1. The number of benzene rings is 2. The van der Waals surface area contributed by atoms with Crippen LogP contribution >= 0.6 is 0 Å². The average molecular weight is 333 g/mol. The third kappa shape index (κ3) is 4.23. The minimum atomic E-state index is -2.87. The maximum atomic E-state index is 12.4. The molecule has 24 heavy (non-hydrogen) atoms. The van der Waals surface area contributed by atoms with Gasteiger partial charge >= 0.3 is 6.61 Å². The summed E-state index contributed by atoms with van der Waals surface area (Å²) in [4.78, 5) is 0. The first kappa shape index (κ1) is 16.7. The summed E-state index contributed by atoms with van der Waals surface area (Å²) >= 11 is 0. The Kier molecular flexibility index (Phi) is 5.00. The highest BCUT2D eigenvalue weighted by atomic mass is 19.3. The van der Waals surface area contributed by atoms with E-state index < -0.39 is 12.7 Å². The van der Waals surface area contributed by atoms with Crippen LogP contribution in [-0.4, -0.2) is 17.8 Å². The fraction of sp³-hybridized carbons (Fsp3) is 0.368. The molecule has 0 spiro atoms. The molecule has 1 fully saturated rings. The maximum Gasteiger partial charge on any atom is 0.387 e. The lowest BCUT2D eigenvalue weighted by Gasteiger charge is -2.26. The SMILES string of the molecule is Cc1ccc(NC(C2CC2)C(O)c2cccc(OC(F)F)c2)cc1. The Morgan fingerprint density at radius 3 is 2.46 bits per heavy atom. The van der Waals surface area contributed by atoms with E-state index in [1.807, 2.05) is 31.2 Å². The second-order valence-electron chi connectivity index (χ2n) is 6.27. The van der Waals surface area contributed by atoms with Crippen molar-refractivity contribution < 1.29 is 18.6 Å². The molecule has 0 saturated heterocycles. The third-order valence-electron chi connectivity index (χ3n) is 4.28. The van der Waals surface area contributed by atoms with Gasteiger partial charge in [-0.05, 0) is 55.5 Å². The van der Waals surface area contributed by atoms with Crippen molar-refractivity contribution in [2.45, 2.75) is 38.5 Å². The molecule has 5 heteroatoms. The summed E-state index contributed by atoms with van der Waals surface area (Å²) in [5.74, 6) is 0.437. The van der Waals surface area contributed by atoms with E-state index in [4.69, 9.17) is 0 Å². The Morgan fingerprint density at radius 1 is 1.12 bits per heavy atom. The van der Waals surface area contributed by atoms with E-state index in [9.17, 15) is 13.9 Å². The van der Waals surface area contributed by atoms with Crippen LogP contribution in [-0.2, 0) is 0 Å². The van der Waals surface area contributed by atoms with E-state index in [0.29, 0.717) is 11.5 Å². The van der Waals surface area contributed by atoms with Gasteiger partial charge in [-0.2, -0.15) is 8.78 Å². The van der Waals surface area contributed by atoms with Crippen molar-refractivity contribution in [2.24, 2.45) is 5.92 Å². The van der Waals surface area contributed by atoms with E-state index in [0.717, 1.165) is 18.5 Å². The van der Waals surface area contributed by atoms with Crippen LogP contribution in [0.3, 0.4) is 0 Å². The minimum absolute atomic E-state index is 0.0615. The Bertz CT molecular complexity index is 671. The number of aryl methyl sites for hydroxylation is 1. The summed E-state index contributed by atoms with van der Waals surface area (Å²) in [6.45, 7) is -0.854. The van der Waals surface area contributed by atoms with Gasteiger partial charge in [0, 0.05) is 5.69 Å². The number of ether oxygens (including phenoxy) is 1. The molecule has 1 aliphatic carbocycles. The first-order chi connectivity index (χ1) is 11.5.